The highest BCUT2D eigenvalue weighted by atomic mass is 16.5. The Balaban J connectivity index is 1.87. The number of fused-ring (bicyclic) bond motifs is 1. The van der Waals surface area contributed by atoms with Gasteiger partial charge in [0.25, 0.3) is 0 Å². The summed E-state index contributed by atoms with van der Waals surface area (Å²) in [5.41, 5.74) is 4.14. The highest BCUT2D eigenvalue weighted by molar-refractivity contribution is 5.63. The lowest BCUT2D eigenvalue weighted by atomic mass is 9.92. The van der Waals surface area contributed by atoms with Gasteiger partial charge in [0.1, 0.15) is 5.75 Å². The number of piperidine rings is 1. The first-order valence-electron chi connectivity index (χ1n) is 7.93. The largest absolute Gasteiger partial charge is 0.496 e. The summed E-state index contributed by atoms with van der Waals surface area (Å²) in [4.78, 5) is 2.35. The number of benzene rings is 1. The number of hydrogen-bond donors (Lipinski definition) is 1. The molecule has 0 spiro atoms. The Bertz CT molecular complexity index is 466. The second-order valence-corrected chi connectivity index (χ2v) is 6.13. The Morgan fingerprint density at radius 2 is 2.20 bits per heavy atom. The van der Waals surface area contributed by atoms with E-state index in [2.05, 4.69) is 29.4 Å². The predicted octanol–water partition coefficient (Wildman–Crippen LogP) is 2.76. The third-order valence-electron chi connectivity index (χ3n) is 4.73. The molecule has 1 aromatic carbocycles. The fraction of sp³-hybridized carbons (Fsp3) is 0.647. The van der Waals surface area contributed by atoms with Crippen LogP contribution in [0.1, 0.15) is 36.8 Å². The molecule has 1 aromatic rings. The summed E-state index contributed by atoms with van der Waals surface area (Å²) in [6.07, 6.45) is 7.44. The maximum absolute atomic E-state index is 5.78. The van der Waals surface area contributed by atoms with E-state index in [1.54, 1.807) is 0 Å². The van der Waals surface area contributed by atoms with Crippen LogP contribution in [0.4, 0.5) is 5.69 Å². The van der Waals surface area contributed by atoms with Gasteiger partial charge in [0.15, 0.2) is 0 Å². The Labute approximate surface area is 122 Å². The summed E-state index contributed by atoms with van der Waals surface area (Å²) in [5, 5.41) is 3.64. The standard InChI is InChI=1S/C17H26N2O/c1-19-11-5-7-15-16(19)9-8-13(17(15)20-2)12-14-6-3-4-10-18-14/h8-9,14,18H,3-7,10-12H2,1-2H3. The van der Waals surface area contributed by atoms with Crippen LogP contribution in [0.15, 0.2) is 12.1 Å². The Kier molecular flexibility index (Phi) is 4.16. The summed E-state index contributed by atoms with van der Waals surface area (Å²) in [5.74, 6) is 1.14. The van der Waals surface area contributed by atoms with Gasteiger partial charge in [0.2, 0.25) is 0 Å². The summed E-state index contributed by atoms with van der Waals surface area (Å²) >= 11 is 0. The third kappa shape index (κ3) is 2.64. The molecule has 0 amide bonds. The summed E-state index contributed by atoms with van der Waals surface area (Å²) in [7, 11) is 4.00. The number of methoxy groups -OCH3 is 1. The van der Waals surface area contributed by atoms with Crippen molar-refractivity contribution < 1.29 is 4.74 Å². The van der Waals surface area contributed by atoms with Gasteiger partial charge >= 0.3 is 0 Å². The van der Waals surface area contributed by atoms with Gasteiger partial charge in [-0.05, 0) is 50.3 Å². The Morgan fingerprint density at radius 1 is 1.30 bits per heavy atom. The van der Waals surface area contributed by atoms with Crippen LogP contribution in [-0.4, -0.2) is 33.3 Å². The van der Waals surface area contributed by atoms with Crippen molar-refractivity contribution in [3.8, 4) is 5.75 Å². The minimum absolute atomic E-state index is 0.622. The zero-order chi connectivity index (χ0) is 13.9. The van der Waals surface area contributed by atoms with E-state index < -0.39 is 0 Å². The van der Waals surface area contributed by atoms with Gasteiger partial charge in [-0.3, -0.25) is 0 Å². The smallest absolute Gasteiger partial charge is 0.127 e. The minimum atomic E-state index is 0.622. The van der Waals surface area contributed by atoms with Crippen molar-refractivity contribution in [2.75, 3.05) is 32.1 Å². The lowest BCUT2D eigenvalue weighted by Gasteiger charge is -2.31. The normalized spacial score (nSPS) is 22.5. The third-order valence-corrected chi connectivity index (χ3v) is 4.73. The second kappa shape index (κ2) is 6.04. The minimum Gasteiger partial charge on any atom is -0.496 e. The van der Waals surface area contributed by atoms with Crippen molar-refractivity contribution in [3.63, 3.8) is 0 Å². The van der Waals surface area contributed by atoms with Gasteiger partial charge < -0.3 is 15.0 Å². The van der Waals surface area contributed by atoms with Crippen molar-refractivity contribution in [1.29, 1.82) is 0 Å². The molecule has 0 aromatic heterocycles. The van der Waals surface area contributed by atoms with Gasteiger partial charge in [-0.15, -0.1) is 0 Å². The molecule has 0 aliphatic carbocycles. The van der Waals surface area contributed by atoms with Gasteiger partial charge in [0, 0.05) is 30.9 Å². The fourth-order valence-electron chi connectivity index (χ4n) is 3.66. The fourth-order valence-corrected chi connectivity index (χ4v) is 3.66. The van der Waals surface area contributed by atoms with Crippen LogP contribution in [0.2, 0.25) is 0 Å². The summed E-state index contributed by atoms with van der Waals surface area (Å²) < 4.78 is 5.78. The number of rotatable bonds is 3. The van der Waals surface area contributed by atoms with Crippen LogP contribution in [-0.2, 0) is 12.8 Å². The van der Waals surface area contributed by atoms with Crippen LogP contribution >= 0.6 is 0 Å². The van der Waals surface area contributed by atoms with E-state index in [9.17, 15) is 0 Å². The van der Waals surface area contributed by atoms with E-state index in [1.165, 1.54) is 49.0 Å². The molecular formula is C17H26N2O. The van der Waals surface area contributed by atoms with Gasteiger partial charge in [0.05, 0.1) is 7.11 Å². The van der Waals surface area contributed by atoms with E-state index in [0.29, 0.717) is 6.04 Å². The van der Waals surface area contributed by atoms with Crippen molar-refractivity contribution in [3.05, 3.63) is 23.3 Å². The molecule has 2 aliphatic rings. The van der Waals surface area contributed by atoms with Gasteiger partial charge in [-0.25, -0.2) is 0 Å². The number of nitrogens with one attached hydrogen (secondary N) is 1. The quantitative estimate of drug-likeness (QED) is 0.917. The molecule has 1 atom stereocenters. The Morgan fingerprint density at radius 3 is 2.95 bits per heavy atom. The monoisotopic (exact) mass is 274 g/mol. The van der Waals surface area contributed by atoms with E-state index >= 15 is 0 Å². The molecule has 3 nitrogen and oxygen atoms in total. The average Bonchev–Trinajstić information content (AvgIpc) is 2.48. The van der Waals surface area contributed by atoms with Crippen LogP contribution in [0.25, 0.3) is 0 Å². The zero-order valence-electron chi connectivity index (χ0n) is 12.7. The first kappa shape index (κ1) is 13.7. The molecule has 2 aliphatic heterocycles. The van der Waals surface area contributed by atoms with Crippen molar-refractivity contribution in [1.82, 2.24) is 5.32 Å². The molecule has 1 N–H and O–H groups in total. The number of hydrogen-bond acceptors (Lipinski definition) is 3. The van der Waals surface area contributed by atoms with E-state index in [0.717, 1.165) is 25.1 Å². The van der Waals surface area contributed by atoms with Crippen LogP contribution in [0.5, 0.6) is 5.75 Å². The van der Waals surface area contributed by atoms with Crippen molar-refractivity contribution in [2.24, 2.45) is 0 Å². The van der Waals surface area contributed by atoms with E-state index in [4.69, 9.17) is 4.74 Å². The maximum atomic E-state index is 5.78. The first-order chi connectivity index (χ1) is 9.79. The van der Waals surface area contributed by atoms with Gasteiger partial charge in [-0.2, -0.15) is 0 Å². The molecule has 0 bridgehead atoms. The average molecular weight is 274 g/mol. The second-order valence-electron chi connectivity index (χ2n) is 6.13. The number of ether oxygens (including phenoxy) is 1. The maximum Gasteiger partial charge on any atom is 0.127 e. The highest BCUT2D eigenvalue weighted by Gasteiger charge is 2.22. The molecule has 110 valence electrons. The molecule has 2 heterocycles. The van der Waals surface area contributed by atoms with Crippen LogP contribution in [0, 0.1) is 0 Å². The Hall–Kier alpha value is -1.22. The highest BCUT2D eigenvalue weighted by Crippen LogP contribution is 2.37. The zero-order valence-corrected chi connectivity index (χ0v) is 12.7. The molecule has 3 rings (SSSR count). The lowest BCUT2D eigenvalue weighted by molar-refractivity contribution is 0.378. The molecule has 1 unspecified atom stereocenters. The molecular weight excluding hydrogens is 248 g/mol. The molecule has 0 saturated carbocycles. The molecule has 1 saturated heterocycles. The van der Waals surface area contributed by atoms with Crippen LogP contribution in [0.3, 0.4) is 0 Å². The van der Waals surface area contributed by atoms with Crippen LogP contribution < -0.4 is 15.0 Å². The van der Waals surface area contributed by atoms with Crippen molar-refractivity contribution in [2.45, 2.75) is 44.6 Å². The predicted molar refractivity (Wildman–Crippen MR) is 83.9 cm³/mol. The number of nitrogens with zero attached hydrogens (tertiary/aromatic N) is 1. The van der Waals surface area contributed by atoms with Gasteiger partial charge in [-0.1, -0.05) is 12.5 Å². The molecule has 0 radical (unpaired) electrons. The van der Waals surface area contributed by atoms with Crippen molar-refractivity contribution >= 4 is 5.69 Å². The molecule has 20 heavy (non-hydrogen) atoms. The molecule has 3 heteroatoms. The topological polar surface area (TPSA) is 24.5 Å². The van der Waals surface area contributed by atoms with E-state index in [-0.39, 0.29) is 0 Å². The molecule has 1 fully saturated rings. The lowest BCUT2D eigenvalue weighted by Crippen LogP contribution is -2.35. The summed E-state index contributed by atoms with van der Waals surface area (Å²) in [6, 6.07) is 5.18. The number of anilines is 1. The first-order valence-corrected chi connectivity index (χ1v) is 7.93. The SMILES string of the molecule is COc1c(CC2CCCCN2)ccc2c1CCCN2C. The summed E-state index contributed by atoms with van der Waals surface area (Å²) in [6.45, 7) is 2.32. The van der Waals surface area contributed by atoms with E-state index in [1.807, 2.05) is 7.11 Å².